The number of hydrogen-bond donors (Lipinski definition) is 3. The molecule has 0 radical (unpaired) electrons. The van der Waals surface area contributed by atoms with E-state index >= 15 is 0 Å². The van der Waals surface area contributed by atoms with E-state index in [2.05, 4.69) is 0 Å². The van der Waals surface area contributed by atoms with Crippen LogP contribution in [0.3, 0.4) is 0 Å². The molecule has 0 aliphatic heterocycles. The van der Waals surface area contributed by atoms with Crippen LogP contribution in [-0.2, 0) is 17.6 Å². The first-order chi connectivity index (χ1) is 13.9. The molecule has 158 valence electrons. The summed E-state index contributed by atoms with van der Waals surface area (Å²) in [6, 6.07) is 8.35. The molecule has 0 fully saturated rings. The van der Waals surface area contributed by atoms with E-state index in [1.54, 1.807) is 24.3 Å². The highest BCUT2D eigenvalue weighted by molar-refractivity contribution is 5.79. The lowest BCUT2D eigenvalue weighted by Crippen LogP contribution is -2.15. The van der Waals surface area contributed by atoms with Crippen molar-refractivity contribution >= 4 is 5.78 Å². The molecule has 7 nitrogen and oxygen atoms in total. The largest absolute Gasteiger partial charge is 0.504 e. The van der Waals surface area contributed by atoms with Gasteiger partial charge in [-0.05, 0) is 54.7 Å². The third-order valence-corrected chi connectivity index (χ3v) is 4.71. The van der Waals surface area contributed by atoms with Crippen molar-refractivity contribution in [2.75, 3.05) is 21.3 Å². The minimum absolute atomic E-state index is 0.0367. The van der Waals surface area contributed by atoms with Crippen LogP contribution in [-0.4, -0.2) is 48.5 Å². The maximum Gasteiger partial charge on any atom is 0.200 e. The standard InChI is InChI=1S/C22H28O7/c1-27-19-10-14(6-9-18(19)25)4-7-16(23)13-17(24)8-5-15-11-20(28-2)22(26)21(12-15)29-3/h6,9-12,17,24-26H,4-5,7-8,13H2,1-3H3/t17-/m1/s1. The van der Waals surface area contributed by atoms with Gasteiger partial charge in [0.2, 0.25) is 5.75 Å². The van der Waals surface area contributed by atoms with Crippen LogP contribution in [0, 0.1) is 0 Å². The summed E-state index contributed by atoms with van der Waals surface area (Å²) in [6.07, 6.45) is 1.02. The summed E-state index contributed by atoms with van der Waals surface area (Å²) in [5, 5.41) is 29.8. The molecule has 2 aromatic carbocycles. The van der Waals surface area contributed by atoms with Gasteiger partial charge in [-0.3, -0.25) is 4.79 Å². The van der Waals surface area contributed by atoms with Gasteiger partial charge in [0.05, 0.1) is 27.4 Å². The summed E-state index contributed by atoms with van der Waals surface area (Å²) in [6.45, 7) is 0. The zero-order valence-electron chi connectivity index (χ0n) is 17.0. The molecule has 2 rings (SSSR count). The molecule has 0 aromatic heterocycles. The summed E-state index contributed by atoms with van der Waals surface area (Å²) in [5.74, 6) is 0.921. The van der Waals surface area contributed by atoms with E-state index in [0.29, 0.717) is 42.9 Å². The lowest BCUT2D eigenvalue weighted by Gasteiger charge is -2.13. The molecule has 0 amide bonds. The second kappa shape index (κ2) is 10.6. The fraction of sp³-hybridized carbons (Fsp3) is 0.409. The monoisotopic (exact) mass is 404 g/mol. The maximum absolute atomic E-state index is 12.2. The van der Waals surface area contributed by atoms with Crippen LogP contribution in [0.25, 0.3) is 0 Å². The van der Waals surface area contributed by atoms with E-state index < -0.39 is 6.10 Å². The number of phenolic OH excluding ortho intramolecular Hbond substituents is 2. The number of rotatable bonds is 11. The summed E-state index contributed by atoms with van der Waals surface area (Å²) in [5.41, 5.74) is 1.71. The van der Waals surface area contributed by atoms with Crippen molar-refractivity contribution in [2.24, 2.45) is 0 Å². The molecule has 0 unspecified atom stereocenters. The topological polar surface area (TPSA) is 105 Å². The Hall–Kier alpha value is -2.93. The van der Waals surface area contributed by atoms with E-state index in [9.17, 15) is 20.1 Å². The second-order valence-electron chi connectivity index (χ2n) is 6.79. The average molecular weight is 404 g/mol. The van der Waals surface area contributed by atoms with E-state index in [1.807, 2.05) is 0 Å². The number of ketones is 1. The van der Waals surface area contributed by atoms with Gasteiger partial charge in [-0.25, -0.2) is 0 Å². The molecule has 29 heavy (non-hydrogen) atoms. The Balaban J connectivity index is 1.84. The summed E-state index contributed by atoms with van der Waals surface area (Å²) in [4.78, 5) is 12.2. The summed E-state index contributed by atoms with van der Waals surface area (Å²) < 4.78 is 15.3. The van der Waals surface area contributed by atoms with Gasteiger partial charge < -0.3 is 29.5 Å². The van der Waals surface area contributed by atoms with E-state index in [4.69, 9.17) is 14.2 Å². The maximum atomic E-state index is 12.2. The molecule has 0 spiro atoms. The minimum Gasteiger partial charge on any atom is -0.504 e. The third-order valence-electron chi connectivity index (χ3n) is 4.71. The van der Waals surface area contributed by atoms with Crippen LogP contribution in [0.4, 0.5) is 0 Å². The van der Waals surface area contributed by atoms with Crippen LogP contribution >= 0.6 is 0 Å². The minimum atomic E-state index is -0.761. The van der Waals surface area contributed by atoms with Crippen LogP contribution in [0.5, 0.6) is 28.7 Å². The van der Waals surface area contributed by atoms with Gasteiger partial charge in [-0.1, -0.05) is 6.07 Å². The summed E-state index contributed by atoms with van der Waals surface area (Å²) in [7, 11) is 4.38. The van der Waals surface area contributed by atoms with Gasteiger partial charge in [0.15, 0.2) is 23.0 Å². The van der Waals surface area contributed by atoms with Gasteiger partial charge >= 0.3 is 0 Å². The highest BCUT2D eigenvalue weighted by Crippen LogP contribution is 2.37. The lowest BCUT2D eigenvalue weighted by atomic mass is 9.99. The number of aryl methyl sites for hydroxylation is 2. The van der Waals surface area contributed by atoms with Crippen LogP contribution in [0.1, 0.15) is 30.4 Å². The molecular weight excluding hydrogens is 376 g/mol. The van der Waals surface area contributed by atoms with E-state index in [-0.39, 0.29) is 23.7 Å². The Morgan fingerprint density at radius 2 is 1.48 bits per heavy atom. The van der Waals surface area contributed by atoms with Crippen molar-refractivity contribution in [2.45, 2.75) is 38.2 Å². The molecule has 3 N–H and O–H groups in total. The lowest BCUT2D eigenvalue weighted by molar-refractivity contribution is -0.121. The predicted octanol–water partition coefficient (Wildman–Crippen LogP) is 3.01. The molecule has 1 atom stereocenters. The first-order valence-corrected chi connectivity index (χ1v) is 9.37. The number of hydrogen-bond acceptors (Lipinski definition) is 7. The number of benzene rings is 2. The van der Waals surface area contributed by atoms with Gasteiger partial charge in [-0.2, -0.15) is 0 Å². The number of phenols is 2. The number of Topliss-reactive ketones (excluding diaryl/α,β-unsaturated/α-hetero) is 1. The molecule has 7 heteroatoms. The number of aliphatic hydroxyl groups excluding tert-OH is 1. The fourth-order valence-corrected chi connectivity index (χ4v) is 3.05. The SMILES string of the molecule is COc1cc(CCC(=O)C[C@H](O)CCc2cc(OC)c(O)c(OC)c2)ccc1O. The Morgan fingerprint density at radius 3 is 2.07 bits per heavy atom. The van der Waals surface area contributed by atoms with E-state index in [1.165, 1.54) is 27.4 Å². The molecule has 0 saturated carbocycles. The molecular formula is C22H28O7. The molecule has 2 aromatic rings. The van der Waals surface area contributed by atoms with Crippen molar-refractivity contribution in [1.82, 2.24) is 0 Å². The van der Waals surface area contributed by atoms with Gasteiger partial charge in [-0.15, -0.1) is 0 Å². The number of ether oxygens (including phenoxy) is 3. The highest BCUT2D eigenvalue weighted by atomic mass is 16.5. The average Bonchev–Trinajstić information content (AvgIpc) is 2.72. The zero-order chi connectivity index (χ0) is 21.4. The van der Waals surface area contributed by atoms with Crippen molar-refractivity contribution < 1.29 is 34.3 Å². The predicted molar refractivity (Wildman–Crippen MR) is 108 cm³/mol. The second-order valence-corrected chi connectivity index (χ2v) is 6.79. The van der Waals surface area contributed by atoms with Gasteiger partial charge in [0, 0.05) is 12.8 Å². The Bertz CT molecular complexity index is 807. The van der Waals surface area contributed by atoms with Crippen molar-refractivity contribution in [3.05, 3.63) is 41.5 Å². The molecule has 0 saturated heterocycles. The fourth-order valence-electron chi connectivity index (χ4n) is 3.05. The Labute approximate surface area is 170 Å². The normalized spacial score (nSPS) is 11.7. The van der Waals surface area contributed by atoms with Crippen molar-refractivity contribution in [1.29, 1.82) is 0 Å². The van der Waals surface area contributed by atoms with E-state index in [0.717, 1.165) is 11.1 Å². The first-order valence-electron chi connectivity index (χ1n) is 9.37. The van der Waals surface area contributed by atoms with Gasteiger partial charge in [0.1, 0.15) is 5.78 Å². The Kier molecular flexibility index (Phi) is 8.15. The molecule has 0 aliphatic rings. The molecule has 0 bridgehead atoms. The highest BCUT2D eigenvalue weighted by Gasteiger charge is 2.15. The number of methoxy groups -OCH3 is 3. The molecule has 0 aliphatic carbocycles. The van der Waals surface area contributed by atoms with Crippen LogP contribution in [0.15, 0.2) is 30.3 Å². The molecule has 0 heterocycles. The third kappa shape index (κ3) is 6.29. The zero-order valence-corrected chi connectivity index (χ0v) is 17.0. The summed E-state index contributed by atoms with van der Waals surface area (Å²) >= 11 is 0. The first kappa shape index (κ1) is 22.4. The number of carbonyl (C=O) groups excluding carboxylic acids is 1. The van der Waals surface area contributed by atoms with Crippen molar-refractivity contribution in [3.63, 3.8) is 0 Å². The number of carbonyl (C=O) groups is 1. The quantitative estimate of drug-likeness (QED) is 0.529. The number of aliphatic hydroxyl groups is 1. The van der Waals surface area contributed by atoms with Crippen LogP contribution in [0.2, 0.25) is 0 Å². The Morgan fingerprint density at radius 1 is 0.897 bits per heavy atom. The van der Waals surface area contributed by atoms with Crippen LogP contribution < -0.4 is 14.2 Å². The smallest absolute Gasteiger partial charge is 0.200 e. The van der Waals surface area contributed by atoms with Crippen molar-refractivity contribution in [3.8, 4) is 28.7 Å². The number of aromatic hydroxyl groups is 2. The van der Waals surface area contributed by atoms with Gasteiger partial charge in [0.25, 0.3) is 0 Å².